The third-order valence-electron chi connectivity index (χ3n) is 2.81. The summed E-state index contributed by atoms with van der Waals surface area (Å²) in [6, 6.07) is 1.41. The summed E-state index contributed by atoms with van der Waals surface area (Å²) in [5.74, 6) is -0.815. The number of alkyl halides is 3. The number of ether oxygens (including phenoxy) is 1. The van der Waals surface area contributed by atoms with E-state index in [2.05, 4.69) is 22.2 Å². The number of hydrogen-bond acceptors (Lipinski definition) is 4. The van der Waals surface area contributed by atoms with Gasteiger partial charge in [-0.1, -0.05) is 27.2 Å². The first kappa shape index (κ1) is 17.5. The van der Waals surface area contributed by atoms with Gasteiger partial charge in [-0.2, -0.15) is 18.2 Å². The maximum atomic E-state index is 12.8. The van der Waals surface area contributed by atoms with E-state index in [0.717, 1.165) is 19.3 Å². The first-order valence-corrected chi connectivity index (χ1v) is 7.19. The summed E-state index contributed by atoms with van der Waals surface area (Å²) < 4.78 is 43.7. The van der Waals surface area contributed by atoms with Gasteiger partial charge in [0.1, 0.15) is 5.82 Å². The van der Waals surface area contributed by atoms with E-state index in [1.54, 1.807) is 0 Å². The summed E-state index contributed by atoms with van der Waals surface area (Å²) in [6.45, 7) is 6.85. The molecule has 1 N–H and O–H groups in total. The summed E-state index contributed by atoms with van der Waals surface area (Å²) in [7, 11) is 0. The second-order valence-corrected chi connectivity index (χ2v) is 5.04. The monoisotopic (exact) mass is 305 g/mol. The molecule has 0 aliphatic heterocycles. The van der Waals surface area contributed by atoms with Crippen molar-refractivity contribution >= 4 is 5.82 Å². The van der Waals surface area contributed by atoms with Crippen LogP contribution in [0.3, 0.4) is 0 Å². The average Bonchev–Trinajstić information content (AvgIpc) is 2.42. The molecule has 7 heteroatoms. The van der Waals surface area contributed by atoms with Gasteiger partial charge in [-0.15, -0.1) is 0 Å². The van der Waals surface area contributed by atoms with Crippen LogP contribution in [-0.4, -0.2) is 23.1 Å². The molecule has 1 aromatic rings. The fraction of sp³-hybridized carbons (Fsp3) is 0.714. The van der Waals surface area contributed by atoms with Crippen molar-refractivity contribution in [1.82, 2.24) is 9.97 Å². The number of aromatic nitrogens is 2. The highest BCUT2D eigenvalue weighted by Gasteiger charge is 2.35. The van der Waals surface area contributed by atoms with E-state index in [0.29, 0.717) is 13.2 Å². The molecule has 0 fully saturated rings. The average molecular weight is 305 g/mol. The topological polar surface area (TPSA) is 47.0 Å². The van der Waals surface area contributed by atoms with Gasteiger partial charge in [0.25, 0.3) is 0 Å². The van der Waals surface area contributed by atoms with Crippen molar-refractivity contribution in [1.29, 1.82) is 0 Å². The number of anilines is 1. The van der Waals surface area contributed by atoms with Gasteiger partial charge < -0.3 is 10.1 Å². The Bertz CT molecular complexity index is 438. The van der Waals surface area contributed by atoms with Crippen molar-refractivity contribution < 1.29 is 17.9 Å². The Labute approximate surface area is 123 Å². The molecule has 1 atom stereocenters. The number of nitrogens with zero attached hydrogens (tertiary/aromatic N) is 2. The highest BCUT2D eigenvalue weighted by Crippen LogP contribution is 2.29. The van der Waals surface area contributed by atoms with Gasteiger partial charge in [-0.25, -0.2) is 4.98 Å². The van der Waals surface area contributed by atoms with E-state index in [9.17, 15) is 13.2 Å². The van der Waals surface area contributed by atoms with Gasteiger partial charge in [-0.3, -0.25) is 0 Å². The predicted octanol–water partition coefficient (Wildman–Crippen LogP) is 4.13. The zero-order chi connectivity index (χ0) is 15.9. The Morgan fingerprint density at radius 1 is 1.24 bits per heavy atom. The lowest BCUT2D eigenvalue weighted by Gasteiger charge is -2.14. The SMILES string of the molecule is CCCNc1cc(OCC(C)CCC)nc(C(F)(F)F)n1. The van der Waals surface area contributed by atoms with Crippen LogP contribution in [0.15, 0.2) is 6.07 Å². The molecule has 21 heavy (non-hydrogen) atoms. The van der Waals surface area contributed by atoms with Crippen LogP contribution in [0.5, 0.6) is 5.88 Å². The van der Waals surface area contributed by atoms with Gasteiger partial charge >= 0.3 is 6.18 Å². The minimum Gasteiger partial charge on any atom is -0.477 e. The maximum Gasteiger partial charge on any atom is 0.451 e. The van der Waals surface area contributed by atoms with Crippen LogP contribution in [0, 0.1) is 5.92 Å². The Balaban J connectivity index is 2.85. The van der Waals surface area contributed by atoms with Crippen molar-refractivity contribution in [2.75, 3.05) is 18.5 Å². The van der Waals surface area contributed by atoms with E-state index in [1.807, 2.05) is 13.8 Å². The minimum absolute atomic E-state index is 0.0427. The van der Waals surface area contributed by atoms with E-state index in [4.69, 9.17) is 4.74 Å². The molecule has 1 rings (SSSR count). The van der Waals surface area contributed by atoms with Crippen molar-refractivity contribution in [3.8, 4) is 5.88 Å². The molecule has 0 aliphatic carbocycles. The smallest absolute Gasteiger partial charge is 0.451 e. The summed E-state index contributed by atoms with van der Waals surface area (Å²) in [5, 5.41) is 2.83. The van der Waals surface area contributed by atoms with Crippen LogP contribution >= 0.6 is 0 Å². The number of hydrogen-bond donors (Lipinski definition) is 1. The van der Waals surface area contributed by atoms with E-state index < -0.39 is 12.0 Å². The molecule has 0 aliphatic rings. The van der Waals surface area contributed by atoms with E-state index >= 15 is 0 Å². The number of halogens is 3. The lowest BCUT2D eigenvalue weighted by atomic mass is 10.1. The highest BCUT2D eigenvalue weighted by molar-refractivity contribution is 5.38. The molecule has 0 saturated carbocycles. The third kappa shape index (κ3) is 6.18. The number of rotatable bonds is 8. The van der Waals surface area contributed by atoms with Gasteiger partial charge in [0.05, 0.1) is 6.61 Å². The molecule has 0 saturated heterocycles. The number of nitrogens with one attached hydrogen (secondary N) is 1. The first-order chi connectivity index (χ1) is 9.86. The van der Waals surface area contributed by atoms with Crippen LogP contribution in [-0.2, 0) is 6.18 Å². The molecule has 120 valence electrons. The van der Waals surface area contributed by atoms with Crippen molar-refractivity contribution in [2.24, 2.45) is 5.92 Å². The highest BCUT2D eigenvalue weighted by atomic mass is 19.4. The van der Waals surface area contributed by atoms with Crippen molar-refractivity contribution in [3.63, 3.8) is 0 Å². The predicted molar refractivity (Wildman–Crippen MR) is 75.4 cm³/mol. The quantitative estimate of drug-likeness (QED) is 0.784. The Morgan fingerprint density at radius 3 is 2.52 bits per heavy atom. The fourth-order valence-corrected chi connectivity index (χ4v) is 1.77. The first-order valence-electron chi connectivity index (χ1n) is 7.19. The molecule has 0 amide bonds. The van der Waals surface area contributed by atoms with Crippen LogP contribution in [0.2, 0.25) is 0 Å². The van der Waals surface area contributed by atoms with Crippen LogP contribution in [0.25, 0.3) is 0 Å². The van der Waals surface area contributed by atoms with Crippen LogP contribution in [0.1, 0.15) is 45.9 Å². The third-order valence-corrected chi connectivity index (χ3v) is 2.81. The molecule has 0 bridgehead atoms. The van der Waals surface area contributed by atoms with Gasteiger partial charge in [0, 0.05) is 12.6 Å². The van der Waals surface area contributed by atoms with Crippen molar-refractivity contribution in [2.45, 2.75) is 46.2 Å². The van der Waals surface area contributed by atoms with Gasteiger partial charge in [0.2, 0.25) is 11.7 Å². The van der Waals surface area contributed by atoms with Crippen LogP contribution in [0.4, 0.5) is 19.0 Å². The lowest BCUT2D eigenvalue weighted by Crippen LogP contribution is -2.16. The Hall–Kier alpha value is -1.53. The Morgan fingerprint density at radius 2 is 1.95 bits per heavy atom. The largest absolute Gasteiger partial charge is 0.477 e. The molecular formula is C14H22F3N3O. The standard InChI is InChI=1S/C14H22F3N3O/c1-4-6-10(3)9-21-12-8-11(18-7-5-2)19-13(20-12)14(15,16)17/h8,10H,4-7,9H2,1-3H3,(H,18,19,20). The molecule has 4 nitrogen and oxygen atoms in total. The van der Waals surface area contributed by atoms with Gasteiger partial charge in [0.15, 0.2) is 0 Å². The molecule has 0 radical (unpaired) electrons. The molecule has 0 aromatic carbocycles. The minimum atomic E-state index is -4.59. The second kappa shape index (κ2) is 8.05. The van der Waals surface area contributed by atoms with Crippen LogP contribution < -0.4 is 10.1 Å². The lowest BCUT2D eigenvalue weighted by molar-refractivity contribution is -0.145. The zero-order valence-corrected chi connectivity index (χ0v) is 12.6. The summed E-state index contributed by atoms with van der Waals surface area (Å²) in [5.41, 5.74) is 0. The normalized spacial score (nSPS) is 13.0. The maximum absolute atomic E-state index is 12.8. The Kier molecular flexibility index (Phi) is 6.71. The molecule has 1 heterocycles. The summed E-state index contributed by atoms with van der Waals surface area (Å²) >= 11 is 0. The molecular weight excluding hydrogens is 283 g/mol. The van der Waals surface area contributed by atoms with Crippen molar-refractivity contribution in [3.05, 3.63) is 11.9 Å². The summed E-state index contributed by atoms with van der Waals surface area (Å²) in [6.07, 6.45) is -1.84. The van der Waals surface area contributed by atoms with E-state index in [1.165, 1.54) is 6.07 Å². The fourth-order valence-electron chi connectivity index (χ4n) is 1.77. The zero-order valence-electron chi connectivity index (χ0n) is 12.6. The van der Waals surface area contributed by atoms with E-state index in [-0.39, 0.29) is 17.6 Å². The second-order valence-electron chi connectivity index (χ2n) is 5.04. The molecule has 0 spiro atoms. The molecule has 1 unspecified atom stereocenters. The molecule has 1 aromatic heterocycles. The summed E-state index contributed by atoms with van der Waals surface area (Å²) in [4.78, 5) is 6.92. The van der Waals surface area contributed by atoms with Gasteiger partial charge in [-0.05, 0) is 18.8 Å².